The van der Waals surface area contributed by atoms with E-state index in [1.807, 2.05) is 30.3 Å². The molecule has 0 spiro atoms. The Labute approximate surface area is 206 Å². The Bertz CT molecular complexity index is 1380. The number of rotatable bonds is 9. The van der Waals surface area contributed by atoms with Gasteiger partial charge in [-0.25, -0.2) is 14.6 Å². The van der Waals surface area contributed by atoms with Gasteiger partial charge in [0.25, 0.3) is 5.69 Å². The van der Waals surface area contributed by atoms with Crippen molar-refractivity contribution in [2.24, 2.45) is 10.9 Å². The maximum Gasteiger partial charge on any atom is 0.344 e. The molecule has 3 aromatic rings. The highest BCUT2D eigenvalue weighted by Gasteiger charge is 2.42. The number of carbonyl (C=O) groups excluding carboxylic acids is 1. The number of aromatic nitrogens is 2. The zero-order valence-electron chi connectivity index (χ0n) is 19.6. The number of hydrogen-bond acceptors (Lipinski definition) is 5. The Morgan fingerprint density at radius 2 is 1.78 bits per heavy atom. The zero-order chi connectivity index (χ0) is 25.8. The van der Waals surface area contributed by atoms with E-state index in [0.29, 0.717) is 25.1 Å². The van der Waals surface area contributed by atoms with Crippen molar-refractivity contribution in [3.8, 4) is 0 Å². The zero-order valence-corrected chi connectivity index (χ0v) is 19.6. The first-order chi connectivity index (χ1) is 17.3. The molecule has 11 nitrogen and oxygen atoms in total. The summed E-state index contributed by atoms with van der Waals surface area (Å²) in [6.45, 7) is 2.31. The smallest absolute Gasteiger partial charge is 0.344 e. The van der Waals surface area contributed by atoms with Crippen molar-refractivity contribution < 1.29 is 19.6 Å². The number of aryl methyl sites for hydroxylation is 1. The number of hydrogen-bond donors (Lipinski definition) is 1. The van der Waals surface area contributed by atoms with Crippen LogP contribution in [0.4, 0.5) is 10.5 Å². The summed E-state index contributed by atoms with van der Waals surface area (Å²) in [4.78, 5) is 53.7. The number of aliphatic carboxylic acids is 1. The lowest BCUT2D eigenvalue weighted by molar-refractivity contribution is -0.385. The van der Waals surface area contributed by atoms with E-state index in [1.165, 1.54) is 34.6 Å². The second-order valence-corrected chi connectivity index (χ2v) is 8.58. The summed E-state index contributed by atoms with van der Waals surface area (Å²) < 4.78 is 3.12. The van der Waals surface area contributed by atoms with E-state index in [4.69, 9.17) is 0 Å². The van der Waals surface area contributed by atoms with Crippen LogP contribution in [0, 0.1) is 16.0 Å². The summed E-state index contributed by atoms with van der Waals surface area (Å²) in [6, 6.07) is 13.6. The van der Waals surface area contributed by atoms with Gasteiger partial charge < -0.3 is 10.0 Å². The minimum absolute atomic E-state index is 0.114. The Kier molecular flexibility index (Phi) is 7.09. The molecule has 2 aromatic carbocycles. The van der Waals surface area contributed by atoms with Crippen LogP contribution < -0.4 is 5.69 Å². The van der Waals surface area contributed by atoms with Gasteiger partial charge in [-0.15, -0.1) is 0 Å². The third-order valence-electron chi connectivity index (χ3n) is 6.22. The summed E-state index contributed by atoms with van der Waals surface area (Å²) in [7, 11) is 0. The number of carboxylic acids is 1. The molecule has 0 bridgehead atoms. The highest BCUT2D eigenvalue weighted by atomic mass is 16.6. The maximum absolute atomic E-state index is 12.8. The second kappa shape index (κ2) is 10.4. The standard InChI is InChI=1S/C25H25N5O6/c1-17-21(23(31)32)22(19-9-5-10-20(15-19)30(35)36)29(24(33)26-17)12-6-11-27-13-14-28(25(27)34)16-18-7-3-2-4-8-18/h2-5,7-10,13-15,21-22H,6,11-12,16H2,1H3,(H,31,32). The fraction of sp³-hybridized carbons (Fsp3) is 0.280. The van der Waals surface area contributed by atoms with Crippen molar-refractivity contribution in [2.75, 3.05) is 6.54 Å². The van der Waals surface area contributed by atoms with Crippen molar-refractivity contribution in [2.45, 2.75) is 32.5 Å². The highest BCUT2D eigenvalue weighted by Crippen LogP contribution is 2.35. The van der Waals surface area contributed by atoms with Gasteiger partial charge in [-0.3, -0.25) is 24.0 Å². The van der Waals surface area contributed by atoms with Gasteiger partial charge in [0.2, 0.25) is 0 Å². The third kappa shape index (κ3) is 5.09. The molecule has 0 saturated heterocycles. The number of nitro benzene ring substituents is 1. The number of nitrogens with zero attached hydrogens (tertiary/aromatic N) is 5. The number of carboxylic acid groups (broad SMARTS) is 1. The van der Waals surface area contributed by atoms with Crippen LogP contribution >= 0.6 is 0 Å². The SMILES string of the molecule is CC1=NC(=O)N(CCCn2ccn(Cc3ccccc3)c2=O)C(c2cccc([N+](=O)[O-])c2)C1C(=O)O. The molecule has 186 valence electrons. The van der Waals surface area contributed by atoms with E-state index in [-0.39, 0.29) is 23.6 Å². The Balaban J connectivity index is 1.54. The number of non-ortho nitro benzene ring substituents is 1. The first-order valence-electron chi connectivity index (χ1n) is 11.4. The number of urea groups is 1. The molecule has 2 unspecified atom stereocenters. The van der Waals surface area contributed by atoms with Crippen LogP contribution in [0.25, 0.3) is 0 Å². The van der Waals surface area contributed by atoms with Crippen LogP contribution in [0.1, 0.15) is 30.5 Å². The van der Waals surface area contributed by atoms with Crippen LogP contribution in [0.2, 0.25) is 0 Å². The molecule has 1 aromatic heterocycles. The van der Waals surface area contributed by atoms with Crippen molar-refractivity contribution in [1.29, 1.82) is 0 Å². The average molecular weight is 492 g/mol. The number of aliphatic imine (C=N–C) groups is 1. The fourth-order valence-electron chi connectivity index (χ4n) is 4.49. The van der Waals surface area contributed by atoms with Gasteiger partial charge >= 0.3 is 17.7 Å². The Morgan fingerprint density at radius 1 is 1.06 bits per heavy atom. The van der Waals surface area contributed by atoms with E-state index < -0.39 is 28.9 Å². The number of carbonyl (C=O) groups is 2. The van der Waals surface area contributed by atoms with Crippen LogP contribution in [-0.4, -0.2) is 48.3 Å². The summed E-state index contributed by atoms with van der Waals surface area (Å²) >= 11 is 0. The first-order valence-corrected chi connectivity index (χ1v) is 11.4. The lowest BCUT2D eigenvalue weighted by atomic mass is 9.86. The third-order valence-corrected chi connectivity index (χ3v) is 6.22. The molecule has 1 aliphatic rings. The number of nitro groups is 1. The summed E-state index contributed by atoms with van der Waals surface area (Å²) in [5.41, 5.74) is 1.07. The number of imidazole rings is 1. The lowest BCUT2D eigenvalue weighted by Gasteiger charge is -2.37. The predicted octanol–water partition coefficient (Wildman–Crippen LogP) is 3.34. The molecule has 0 saturated carbocycles. The van der Waals surface area contributed by atoms with Crippen molar-refractivity contribution in [3.05, 3.63) is 98.7 Å². The maximum atomic E-state index is 12.8. The second-order valence-electron chi connectivity index (χ2n) is 8.58. The molecule has 2 heterocycles. The van der Waals surface area contributed by atoms with Gasteiger partial charge in [0.05, 0.1) is 17.5 Å². The van der Waals surface area contributed by atoms with E-state index >= 15 is 0 Å². The van der Waals surface area contributed by atoms with Gasteiger partial charge in [-0.2, -0.15) is 0 Å². The van der Waals surface area contributed by atoms with Gasteiger partial charge in [-0.1, -0.05) is 42.5 Å². The molecular formula is C25H25N5O6. The molecular weight excluding hydrogens is 466 g/mol. The molecule has 1 N–H and O–H groups in total. The number of amides is 2. The largest absolute Gasteiger partial charge is 0.481 e. The first kappa shape index (κ1) is 24.6. The topological polar surface area (TPSA) is 140 Å². The summed E-state index contributed by atoms with van der Waals surface area (Å²) in [5.74, 6) is -2.33. The van der Waals surface area contributed by atoms with Crippen LogP contribution in [0.15, 0.2) is 76.8 Å². The molecule has 2 atom stereocenters. The van der Waals surface area contributed by atoms with E-state index in [0.717, 1.165) is 5.56 Å². The molecule has 1 aliphatic heterocycles. The quantitative estimate of drug-likeness (QED) is 0.360. The Morgan fingerprint density at radius 3 is 2.47 bits per heavy atom. The fourth-order valence-corrected chi connectivity index (χ4v) is 4.49. The predicted molar refractivity (Wildman–Crippen MR) is 131 cm³/mol. The minimum Gasteiger partial charge on any atom is -0.481 e. The molecule has 4 rings (SSSR count). The van der Waals surface area contributed by atoms with Crippen molar-refractivity contribution >= 4 is 23.4 Å². The molecule has 0 radical (unpaired) electrons. The normalized spacial score (nSPS) is 17.6. The van der Waals surface area contributed by atoms with Gasteiger partial charge in [0, 0.05) is 43.3 Å². The van der Waals surface area contributed by atoms with Gasteiger partial charge in [-0.05, 0) is 24.5 Å². The van der Waals surface area contributed by atoms with E-state index in [2.05, 4.69) is 4.99 Å². The van der Waals surface area contributed by atoms with Crippen molar-refractivity contribution in [1.82, 2.24) is 14.0 Å². The Hall–Kier alpha value is -4.54. The van der Waals surface area contributed by atoms with Crippen molar-refractivity contribution in [3.63, 3.8) is 0 Å². The monoisotopic (exact) mass is 491 g/mol. The molecule has 2 amide bonds. The van der Waals surface area contributed by atoms with Gasteiger partial charge in [0.15, 0.2) is 0 Å². The molecule has 11 heteroatoms. The summed E-state index contributed by atoms with van der Waals surface area (Å²) in [6.07, 6.45) is 3.72. The van der Waals surface area contributed by atoms with Crippen LogP contribution in [0.3, 0.4) is 0 Å². The van der Waals surface area contributed by atoms with Crippen LogP contribution in [-0.2, 0) is 17.9 Å². The molecule has 0 aliphatic carbocycles. The molecule has 36 heavy (non-hydrogen) atoms. The van der Waals surface area contributed by atoms with E-state index in [9.17, 15) is 29.6 Å². The van der Waals surface area contributed by atoms with E-state index in [1.54, 1.807) is 23.0 Å². The number of benzene rings is 2. The molecule has 0 fully saturated rings. The highest BCUT2D eigenvalue weighted by molar-refractivity contribution is 6.07. The van der Waals surface area contributed by atoms with Crippen LogP contribution in [0.5, 0.6) is 0 Å². The van der Waals surface area contributed by atoms with Gasteiger partial charge in [0.1, 0.15) is 5.92 Å². The summed E-state index contributed by atoms with van der Waals surface area (Å²) in [5, 5.41) is 21.2. The lowest BCUT2D eigenvalue weighted by Crippen LogP contribution is -2.47. The minimum atomic E-state index is -1.18. The average Bonchev–Trinajstić information content (AvgIpc) is 3.19.